The minimum Gasteiger partial charge on any atom is -0.473 e. The molecule has 0 bridgehead atoms. The van der Waals surface area contributed by atoms with E-state index in [1.807, 2.05) is 0 Å². The molecule has 1 unspecified atom stereocenters. The summed E-state index contributed by atoms with van der Waals surface area (Å²) < 4.78 is 10.1. The van der Waals surface area contributed by atoms with Gasteiger partial charge >= 0.3 is 17.9 Å². The van der Waals surface area contributed by atoms with Crippen LogP contribution in [0.2, 0.25) is 15.1 Å². The fourth-order valence-electron chi connectivity index (χ4n) is 2.74. The number of benzene rings is 1. The number of halogens is 3. The van der Waals surface area contributed by atoms with Gasteiger partial charge in [0.2, 0.25) is 0 Å². The molecule has 0 aliphatic heterocycles. The minimum atomic E-state index is -1.84. The molecular weight excluding hydrogens is 419 g/mol. The van der Waals surface area contributed by atoms with Crippen LogP contribution in [0.25, 0.3) is 0 Å². The van der Waals surface area contributed by atoms with Gasteiger partial charge in [-0.3, -0.25) is 0 Å². The van der Waals surface area contributed by atoms with Gasteiger partial charge in [-0.15, -0.1) is 0 Å². The van der Waals surface area contributed by atoms with E-state index < -0.39 is 23.7 Å². The number of carboxylic acids is 1. The normalized spacial score (nSPS) is 14.5. The highest BCUT2D eigenvalue weighted by Crippen LogP contribution is 2.41. The summed E-state index contributed by atoms with van der Waals surface area (Å²) in [7, 11) is 0. The molecule has 1 aliphatic carbocycles. The van der Waals surface area contributed by atoms with Crippen LogP contribution >= 0.6 is 34.8 Å². The van der Waals surface area contributed by atoms with Crippen molar-refractivity contribution in [2.24, 2.45) is 11.8 Å². The van der Waals surface area contributed by atoms with Gasteiger partial charge in [0.1, 0.15) is 5.56 Å². The number of aliphatic carboxylic acids is 1. The number of esters is 2. The van der Waals surface area contributed by atoms with Gasteiger partial charge in [0.25, 0.3) is 0 Å². The van der Waals surface area contributed by atoms with Gasteiger partial charge in [0, 0.05) is 0 Å². The van der Waals surface area contributed by atoms with Gasteiger partial charge in [0.05, 0.1) is 21.7 Å². The average Bonchev–Trinajstić information content (AvgIpc) is 3.44. The van der Waals surface area contributed by atoms with E-state index in [9.17, 15) is 14.4 Å². The number of carboxylic acid groups (broad SMARTS) is 1. The Balaban J connectivity index is 2.22. The second-order valence-electron chi connectivity index (χ2n) is 6.39. The number of unbranched alkanes of at least 4 members (excludes halogenated alkanes) is 1. The first-order valence-corrected chi connectivity index (χ1v) is 9.69. The summed E-state index contributed by atoms with van der Waals surface area (Å²) in [6, 6.07) is 1.15. The third-order valence-electron chi connectivity index (χ3n) is 4.35. The van der Waals surface area contributed by atoms with E-state index in [1.165, 1.54) is 0 Å². The molecule has 0 aromatic heterocycles. The predicted molar refractivity (Wildman–Crippen MR) is 101 cm³/mol. The predicted octanol–water partition coefficient (Wildman–Crippen LogP) is 5.01. The molecule has 1 aliphatic rings. The maximum atomic E-state index is 12.6. The molecule has 2 rings (SSSR count). The molecule has 1 fully saturated rings. The molecule has 6 nitrogen and oxygen atoms in total. The molecule has 27 heavy (non-hydrogen) atoms. The molecule has 0 amide bonds. The van der Waals surface area contributed by atoms with E-state index in [0.717, 1.165) is 38.2 Å². The number of rotatable bonds is 8. The van der Waals surface area contributed by atoms with Crippen molar-refractivity contribution in [1.29, 1.82) is 0 Å². The minimum absolute atomic E-state index is 0.0477. The lowest BCUT2D eigenvalue weighted by molar-refractivity contribution is -0.158. The van der Waals surface area contributed by atoms with Gasteiger partial charge in [-0.2, -0.15) is 0 Å². The van der Waals surface area contributed by atoms with Crippen molar-refractivity contribution in [2.45, 2.75) is 39.0 Å². The fourth-order valence-corrected chi connectivity index (χ4v) is 3.46. The van der Waals surface area contributed by atoms with Crippen molar-refractivity contribution in [1.82, 2.24) is 0 Å². The van der Waals surface area contributed by atoms with Crippen LogP contribution in [0.5, 0.6) is 5.75 Å². The summed E-state index contributed by atoms with van der Waals surface area (Å²) in [6.07, 6.45) is 5.24. The highest BCUT2D eigenvalue weighted by atomic mass is 35.5. The Hall–Kier alpha value is -1.50. The van der Waals surface area contributed by atoms with Crippen molar-refractivity contribution < 1.29 is 29.0 Å². The van der Waals surface area contributed by atoms with E-state index in [2.05, 4.69) is 6.92 Å². The molecule has 148 valence electrons. The summed E-state index contributed by atoms with van der Waals surface area (Å²) in [5, 5.41) is 8.22. The number of carbonyl (C=O) groups excluding carboxylic acids is 2. The van der Waals surface area contributed by atoms with E-state index in [-0.39, 0.29) is 33.2 Å². The van der Waals surface area contributed by atoms with Gasteiger partial charge in [0.15, 0.2) is 5.75 Å². The zero-order chi connectivity index (χ0) is 20.1. The molecule has 0 spiro atoms. The fraction of sp³-hybridized carbons (Fsp3) is 0.500. The zero-order valence-electron chi connectivity index (χ0n) is 14.6. The smallest absolute Gasteiger partial charge is 0.422 e. The summed E-state index contributed by atoms with van der Waals surface area (Å²) in [5.74, 6) is -4.04. The van der Waals surface area contributed by atoms with E-state index in [0.29, 0.717) is 5.92 Å². The first kappa shape index (κ1) is 21.8. The van der Waals surface area contributed by atoms with Crippen molar-refractivity contribution in [3.63, 3.8) is 0 Å². The standard InChI is InChI=1S/C18H19Cl3O6/c1-2-3-4-10(9-5-6-9)8-26-17(24)13-14(21)11(19)7-12(20)15(13)27-18(25)16(22)23/h7,9-10H,2-6,8H2,1H3,(H,22,23). The summed E-state index contributed by atoms with van der Waals surface area (Å²) in [6.45, 7) is 2.28. The summed E-state index contributed by atoms with van der Waals surface area (Å²) in [5.41, 5.74) is -0.367. The third-order valence-corrected chi connectivity index (χ3v) is 5.41. The third kappa shape index (κ3) is 5.74. The van der Waals surface area contributed by atoms with Crippen molar-refractivity contribution in [2.75, 3.05) is 6.61 Å². The second kappa shape index (κ2) is 9.62. The molecular formula is C18H19Cl3O6. The first-order chi connectivity index (χ1) is 12.8. The largest absolute Gasteiger partial charge is 0.473 e. The second-order valence-corrected chi connectivity index (χ2v) is 7.58. The lowest BCUT2D eigenvalue weighted by Crippen LogP contribution is -2.22. The highest BCUT2D eigenvalue weighted by molar-refractivity contribution is 6.46. The highest BCUT2D eigenvalue weighted by Gasteiger charge is 2.33. The van der Waals surface area contributed by atoms with Gasteiger partial charge in [-0.05, 0) is 37.2 Å². The molecule has 1 atom stereocenters. The first-order valence-electron chi connectivity index (χ1n) is 8.55. The lowest BCUT2D eigenvalue weighted by Gasteiger charge is -2.18. The van der Waals surface area contributed by atoms with Gasteiger partial charge < -0.3 is 14.6 Å². The Morgan fingerprint density at radius 2 is 1.89 bits per heavy atom. The molecule has 0 heterocycles. The lowest BCUT2D eigenvalue weighted by atomic mass is 9.98. The Labute approximate surface area is 171 Å². The number of ether oxygens (including phenoxy) is 2. The Morgan fingerprint density at radius 3 is 2.44 bits per heavy atom. The number of hydrogen-bond donors (Lipinski definition) is 1. The Kier molecular flexibility index (Phi) is 7.77. The monoisotopic (exact) mass is 436 g/mol. The van der Waals surface area contributed by atoms with E-state index in [1.54, 1.807) is 0 Å². The Morgan fingerprint density at radius 1 is 1.22 bits per heavy atom. The Bertz CT molecular complexity index is 745. The number of hydrogen-bond acceptors (Lipinski definition) is 5. The summed E-state index contributed by atoms with van der Waals surface area (Å²) >= 11 is 18.0. The van der Waals surface area contributed by atoms with Crippen LogP contribution in [-0.2, 0) is 14.3 Å². The molecule has 1 N–H and O–H groups in total. The van der Waals surface area contributed by atoms with Gasteiger partial charge in [-0.1, -0.05) is 54.6 Å². The van der Waals surface area contributed by atoms with Crippen LogP contribution < -0.4 is 4.74 Å². The molecule has 1 aromatic rings. The molecule has 9 heteroatoms. The van der Waals surface area contributed by atoms with Crippen LogP contribution in [0.4, 0.5) is 0 Å². The maximum Gasteiger partial charge on any atom is 0.422 e. The van der Waals surface area contributed by atoms with Crippen LogP contribution in [-0.4, -0.2) is 29.6 Å². The average molecular weight is 438 g/mol. The zero-order valence-corrected chi connectivity index (χ0v) is 16.9. The quantitative estimate of drug-likeness (QED) is 0.266. The summed E-state index contributed by atoms with van der Waals surface area (Å²) in [4.78, 5) is 34.8. The molecule has 1 aromatic carbocycles. The van der Waals surface area contributed by atoms with Crippen molar-refractivity contribution in [3.05, 3.63) is 26.7 Å². The van der Waals surface area contributed by atoms with Crippen LogP contribution in [0.15, 0.2) is 6.07 Å². The van der Waals surface area contributed by atoms with Crippen LogP contribution in [0.3, 0.4) is 0 Å². The van der Waals surface area contributed by atoms with Crippen molar-refractivity contribution in [3.8, 4) is 5.75 Å². The van der Waals surface area contributed by atoms with Crippen LogP contribution in [0, 0.1) is 11.8 Å². The van der Waals surface area contributed by atoms with Crippen molar-refractivity contribution >= 4 is 52.7 Å². The molecule has 0 saturated heterocycles. The molecule has 0 radical (unpaired) electrons. The van der Waals surface area contributed by atoms with Crippen LogP contribution in [0.1, 0.15) is 49.4 Å². The van der Waals surface area contributed by atoms with Gasteiger partial charge in [-0.25, -0.2) is 14.4 Å². The van der Waals surface area contributed by atoms with E-state index >= 15 is 0 Å². The maximum absolute atomic E-state index is 12.6. The topological polar surface area (TPSA) is 89.9 Å². The number of carbonyl (C=O) groups is 3. The molecule has 1 saturated carbocycles. The SMILES string of the molecule is CCCCC(COC(=O)c1c(Cl)c(Cl)cc(Cl)c1OC(=O)C(=O)O)C1CC1. The van der Waals surface area contributed by atoms with E-state index in [4.69, 9.17) is 49.4 Å².